The fourth-order valence-corrected chi connectivity index (χ4v) is 1.51. The van der Waals surface area contributed by atoms with E-state index in [1.54, 1.807) is 6.92 Å². The number of hydrogen-bond donors (Lipinski definition) is 1. The fourth-order valence-electron chi connectivity index (χ4n) is 1.51. The molecule has 1 N–H and O–H groups in total. The Morgan fingerprint density at radius 3 is 2.79 bits per heavy atom. The molecule has 1 aromatic carbocycles. The number of nitrogens with zero attached hydrogens (tertiary/aromatic N) is 2. The molecule has 0 aromatic heterocycles. The van der Waals surface area contributed by atoms with Crippen LogP contribution in [0.5, 0.6) is 0 Å². The second-order valence-corrected chi connectivity index (χ2v) is 4.12. The van der Waals surface area contributed by atoms with E-state index in [9.17, 15) is 19.3 Å². The Kier molecular flexibility index (Phi) is 4.53. The first-order valence-electron chi connectivity index (χ1n) is 5.49. The number of nitriles is 1. The minimum Gasteiger partial charge on any atom is -0.348 e. The van der Waals surface area contributed by atoms with Crippen LogP contribution in [-0.4, -0.2) is 16.9 Å². The number of nitro benzene ring substituents is 1. The first-order valence-corrected chi connectivity index (χ1v) is 5.49. The summed E-state index contributed by atoms with van der Waals surface area (Å²) in [6, 6.07) is 3.35. The normalized spacial score (nSPS) is 11.5. The van der Waals surface area contributed by atoms with E-state index < -0.39 is 28.3 Å². The Morgan fingerprint density at radius 1 is 1.63 bits per heavy atom. The molecule has 0 saturated heterocycles. The standard InChI is InChI=1S/C12H12FN3O3/c1-7-5-9(16(18)19)6-10(11(7)13)12(17)15-8(2)3-4-14/h5-6,8H,3H2,1-2H3,(H,15,17). The number of non-ortho nitro benzene ring substituents is 1. The van der Waals surface area contributed by atoms with Crippen LogP contribution in [-0.2, 0) is 0 Å². The number of halogens is 1. The van der Waals surface area contributed by atoms with Crippen molar-refractivity contribution in [2.24, 2.45) is 0 Å². The fraction of sp³-hybridized carbons (Fsp3) is 0.333. The van der Waals surface area contributed by atoms with E-state index in [1.165, 1.54) is 6.92 Å². The van der Waals surface area contributed by atoms with E-state index in [-0.39, 0.29) is 17.7 Å². The van der Waals surface area contributed by atoms with Gasteiger partial charge in [-0.05, 0) is 19.4 Å². The number of rotatable bonds is 4. The molecule has 100 valence electrons. The van der Waals surface area contributed by atoms with Gasteiger partial charge in [-0.2, -0.15) is 5.26 Å². The Hall–Kier alpha value is -2.49. The van der Waals surface area contributed by atoms with Gasteiger partial charge in [-0.3, -0.25) is 14.9 Å². The van der Waals surface area contributed by atoms with E-state index in [1.807, 2.05) is 6.07 Å². The van der Waals surface area contributed by atoms with Gasteiger partial charge in [0.05, 0.1) is 23.0 Å². The largest absolute Gasteiger partial charge is 0.348 e. The van der Waals surface area contributed by atoms with Crippen LogP contribution in [0.3, 0.4) is 0 Å². The molecule has 0 radical (unpaired) electrons. The van der Waals surface area contributed by atoms with Gasteiger partial charge in [0.1, 0.15) is 5.82 Å². The summed E-state index contributed by atoms with van der Waals surface area (Å²) in [4.78, 5) is 21.8. The van der Waals surface area contributed by atoms with Crippen molar-refractivity contribution in [2.45, 2.75) is 26.3 Å². The average Bonchev–Trinajstić information content (AvgIpc) is 2.32. The van der Waals surface area contributed by atoms with Crippen LogP contribution < -0.4 is 5.32 Å². The Bertz CT molecular complexity index is 566. The van der Waals surface area contributed by atoms with Crippen molar-refractivity contribution in [1.29, 1.82) is 5.26 Å². The number of hydrogen-bond acceptors (Lipinski definition) is 4. The van der Waals surface area contributed by atoms with E-state index in [4.69, 9.17) is 5.26 Å². The average molecular weight is 265 g/mol. The predicted octanol–water partition coefficient (Wildman–Crippen LogP) is 2.07. The monoisotopic (exact) mass is 265 g/mol. The van der Waals surface area contributed by atoms with Crippen molar-refractivity contribution in [1.82, 2.24) is 5.32 Å². The predicted molar refractivity (Wildman–Crippen MR) is 64.9 cm³/mol. The molecule has 1 amide bonds. The van der Waals surface area contributed by atoms with Crippen LogP contribution in [0.1, 0.15) is 29.3 Å². The van der Waals surface area contributed by atoms with Crippen LogP contribution in [0.2, 0.25) is 0 Å². The van der Waals surface area contributed by atoms with E-state index in [2.05, 4.69) is 5.32 Å². The van der Waals surface area contributed by atoms with E-state index >= 15 is 0 Å². The molecule has 0 heterocycles. The SMILES string of the molecule is Cc1cc([N+](=O)[O-])cc(C(=O)NC(C)CC#N)c1F. The van der Waals surface area contributed by atoms with Gasteiger partial charge < -0.3 is 5.32 Å². The zero-order valence-corrected chi connectivity index (χ0v) is 10.4. The summed E-state index contributed by atoms with van der Waals surface area (Å²) in [7, 11) is 0. The maximum absolute atomic E-state index is 13.8. The molecule has 1 unspecified atom stereocenters. The van der Waals surface area contributed by atoms with Crippen molar-refractivity contribution in [3.8, 4) is 6.07 Å². The van der Waals surface area contributed by atoms with Gasteiger partial charge in [-0.15, -0.1) is 0 Å². The molecule has 1 rings (SSSR count). The lowest BCUT2D eigenvalue weighted by molar-refractivity contribution is -0.385. The molecular weight excluding hydrogens is 253 g/mol. The van der Waals surface area contributed by atoms with Crippen molar-refractivity contribution in [3.05, 3.63) is 39.2 Å². The Morgan fingerprint density at radius 2 is 2.26 bits per heavy atom. The van der Waals surface area contributed by atoms with Gasteiger partial charge in [0.15, 0.2) is 0 Å². The molecule has 6 nitrogen and oxygen atoms in total. The number of nitro groups is 1. The third-order valence-electron chi connectivity index (χ3n) is 2.47. The first-order chi connectivity index (χ1) is 8.86. The quantitative estimate of drug-likeness (QED) is 0.665. The summed E-state index contributed by atoms with van der Waals surface area (Å²) in [6.07, 6.45) is 0.0707. The van der Waals surface area contributed by atoms with Crippen LogP contribution >= 0.6 is 0 Å². The lowest BCUT2D eigenvalue weighted by atomic mass is 10.1. The van der Waals surface area contributed by atoms with Gasteiger partial charge in [-0.25, -0.2) is 4.39 Å². The van der Waals surface area contributed by atoms with Crippen LogP contribution in [0.4, 0.5) is 10.1 Å². The van der Waals surface area contributed by atoms with Crippen molar-refractivity contribution >= 4 is 11.6 Å². The summed E-state index contributed by atoms with van der Waals surface area (Å²) in [5.41, 5.74) is -0.722. The third-order valence-corrected chi connectivity index (χ3v) is 2.47. The number of nitrogens with one attached hydrogen (secondary N) is 1. The topological polar surface area (TPSA) is 96.0 Å². The zero-order chi connectivity index (χ0) is 14.6. The highest BCUT2D eigenvalue weighted by Crippen LogP contribution is 2.21. The number of benzene rings is 1. The zero-order valence-electron chi connectivity index (χ0n) is 10.4. The van der Waals surface area contributed by atoms with Gasteiger partial charge in [0.2, 0.25) is 0 Å². The molecule has 0 bridgehead atoms. The minimum absolute atomic E-state index is 0.0206. The second-order valence-electron chi connectivity index (χ2n) is 4.12. The van der Waals surface area contributed by atoms with E-state index in [0.717, 1.165) is 12.1 Å². The summed E-state index contributed by atoms with van der Waals surface area (Å²) in [6.45, 7) is 2.93. The van der Waals surface area contributed by atoms with Crippen LogP contribution in [0, 0.1) is 34.2 Å². The molecule has 1 aromatic rings. The van der Waals surface area contributed by atoms with Crippen LogP contribution in [0.15, 0.2) is 12.1 Å². The first kappa shape index (κ1) is 14.6. The van der Waals surface area contributed by atoms with Crippen molar-refractivity contribution in [3.63, 3.8) is 0 Å². The maximum Gasteiger partial charge on any atom is 0.270 e. The molecule has 0 aliphatic carbocycles. The second kappa shape index (κ2) is 5.91. The lowest BCUT2D eigenvalue weighted by Crippen LogP contribution is -2.33. The van der Waals surface area contributed by atoms with Gasteiger partial charge in [0, 0.05) is 18.2 Å². The molecule has 0 aliphatic rings. The molecule has 0 saturated carbocycles. The van der Waals surface area contributed by atoms with Crippen molar-refractivity contribution in [2.75, 3.05) is 0 Å². The van der Waals surface area contributed by atoms with E-state index in [0.29, 0.717) is 0 Å². The van der Waals surface area contributed by atoms with Gasteiger partial charge in [0.25, 0.3) is 11.6 Å². The number of carbonyl (C=O) groups excluding carboxylic acids is 1. The Labute approximate surface area is 109 Å². The van der Waals surface area contributed by atoms with Gasteiger partial charge in [-0.1, -0.05) is 0 Å². The van der Waals surface area contributed by atoms with Gasteiger partial charge >= 0.3 is 0 Å². The Balaban J connectivity index is 3.09. The minimum atomic E-state index is -0.799. The molecule has 0 fully saturated rings. The summed E-state index contributed by atoms with van der Waals surface area (Å²) in [5, 5.41) is 21.6. The molecule has 1 atom stereocenters. The number of carbonyl (C=O) groups is 1. The number of aryl methyl sites for hydroxylation is 1. The van der Waals surface area contributed by atoms with Crippen LogP contribution in [0.25, 0.3) is 0 Å². The summed E-state index contributed by atoms with van der Waals surface area (Å²) >= 11 is 0. The highest BCUT2D eigenvalue weighted by atomic mass is 19.1. The molecule has 0 spiro atoms. The molecule has 19 heavy (non-hydrogen) atoms. The molecule has 7 heteroatoms. The lowest BCUT2D eigenvalue weighted by Gasteiger charge is -2.11. The highest BCUT2D eigenvalue weighted by molar-refractivity contribution is 5.95. The molecular formula is C12H12FN3O3. The maximum atomic E-state index is 13.8. The number of amides is 1. The smallest absolute Gasteiger partial charge is 0.270 e. The summed E-state index contributed by atoms with van der Waals surface area (Å²) < 4.78 is 13.8. The summed E-state index contributed by atoms with van der Waals surface area (Å²) in [5.74, 6) is -1.57. The highest BCUT2D eigenvalue weighted by Gasteiger charge is 2.20. The third kappa shape index (κ3) is 3.48. The van der Waals surface area contributed by atoms with Crippen molar-refractivity contribution < 1.29 is 14.1 Å². The molecule has 0 aliphatic heterocycles.